The highest BCUT2D eigenvalue weighted by atomic mass is 35.5. The number of carbonyl (C=O) groups excluding carboxylic acids is 1. The van der Waals surface area contributed by atoms with Crippen molar-refractivity contribution in [3.63, 3.8) is 0 Å². The van der Waals surface area contributed by atoms with Crippen molar-refractivity contribution in [3.05, 3.63) is 33.8 Å². The summed E-state index contributed by atoms with van der Waals surface area (Å²) in [6.45, 7) is 0. The Balaban J connectivity index is 1.97. The van der Waals surface area contributed by atoms with Crippen LogP contribution in [0.3, 0.4) is 0 Å². The van der Waals surface area contributed by atoms with Crippen LogP contribution in [0.4, 0.5) is 0 Å². The molecule has 92 valence electrons. The molecular weight excluding hydrogens is 261 g/mol. The number of amides is 1. The van der Waals surface area contributed by atoms with E-state index in [4.69, 9.17) is 23.2 Å². The molecule has 1 unspecified atom stereocenters. The Morgan fingerprint density at radius 2 is 1.94 bits per heavy atom. The Morgan fingerprint density at radius 3 is 2.47 bits per heavy atom. The third kappa shape index (κ3) is 3.87. The van der Waals surface area contributed by atoms with E-state index in [1.165, 1.54) is 0 Å². The van der Waals surface area contributed by atoms with Crippen molar-refractivity contribution in [2.75, 3.05) is 0 Å². The van der Waals surface area contributed by atoms with Gasteiger partial charge in [0.05, 0.1) is 12.5 Å². The first-order valence-electron chi connectivity index (χ1n) is 5.48. The minimum Gasteiger partial charge on any atom is -0.388 e. The summed E-state index contributed by atoms with van der Waals surface area (Å²) in [4.78, 5) is 11.5. The van der Waals surface area contributed by atoms with Crippen molar-refractivity contribution in [3.8, 4) is 0 Å². The van der Waals surface area contributed by atoms with Crippen LogP contribution in [0.5, 0.6) is 0 Å². The zero-order valence-corrected chi connectivity index (χ0v) is 10.6. The molecule has 0 saturated heterocycles. The van der Waals surface area contributed by atoms with E-state index in [0.29, 0.717) is 21.7 Å². The minimum atomic E-state index is -0.870. The number of halogens is 2. The van der Waals surface area contributed by atoms with E-state index in [1.807, 2.05) is 0 Å². The van der Waals surface area contributed by atoms with Gasteiger partial charge in [0, 0.05) is 16.1 Å². The molecule has 3 nitrogen and oxygen atoms in total. The zero-order chi connectivity index (χ0) is 12.4. The predicted octanol–water partition coefficient (Wildman–Crippen LogP) is 2.70. The number of nitrogens with one attached hydrogen (secondary N) is 1. The largest absolute Gasteiger partial charge is 0.388 e. The highest BCUT2D eigenvalue weighted by molar-refractivity contribution is 6.34. The van der Waals surface area contributed by atoms with Gasteiger partial charge in [-0.15, -0.1) is 0 Å². The van der Waals surface area contributed by atoms with Gasteiger partial charge in [0.15, 0.2) is 0 Å². The van der Waals surface area contributed by atoms with Gasteiger partial charge in [-0.3, -0.25) is 4.79 Å². The SMILES string of the molecule is O=C(CC(O)c1cc(Cl)cc(Cl)c1)NC1CC1. The molecule has 1 aromatic carbocycles. The Kier molecular flexibility index (Phi) is 3.92. The lowest BCUT2D eigenvalue weighted by atomic mass is 10.1. The van der Waals surface area contributed by atoms with E-state index in [9.17, 15) is 9.90 Å². The number of rotatable bonds is 4. The van der Waals surface area contributed by atoms with Gasteiger partial charge in [-0.05, 0) is 36.6 Å². The first-order valence-corrected chi connectivity index (χ1v) is 6.23. The summed E-state index contributed by atoms with van der Waals surface area (Å²) in [5, 5.41) is 13.6. The predicted molar refractivity (Wildman–Crippen MR) is 67.2 cm³/mol. The van der Waals surface area contributed by atoms with Crippen molar-refractivity contribution >= 4 is 29.1 Å². The molecule has 2 rings (SSSR count). The molecule has 1 amide bonds. The van der Waals surface area contributed by atoms with E-state index in [0.717, 1.165) is 12.8 Å². The number of aliphatic hydroxyl groups excluding tert-OH is 1. The summed E-state index contributed by atoms with van der Waals surface area (Å²) >= 11 is 11.7. The van der Waals surface area contributed by atoms with Crippen LogP contribution in [0.25, 0.3) is 0 Å². The molecule has 1 atom stereocenters. The fourth-order valence-corrected chi connectivity index (χ4v) is 2.12. The average molecular weight is 274 g/mol. The van der Waals surface area contributed by atoms with Gasteiger partial charge in [-0.1, -0.05) is 23.2 Å². The van der Waals surface area contributed by atoms with Gasteiger partial charge in [-0.2, -0.15) is 0 Å². The van der Waals surface area contributed by atoms with Gasteiger partial charge in [-0.25, -0.2) is 0 Å². The molecule has 1 aliphatic carbocycles. The number of hydrogen-bond donors (Lipinski definition) is 2. The fourth-order valence-electron chi connectivity index (χ4n) is 1.58. The summed E-state index contributed by atoms with van der Waals surface area (Å²) in [7, 11) is 0. The highest BCUT2D eigenvalue weighted by Crippen LogP contribution is 2.26. The molecule has 17 heavy (non-hydrogen) atoms. The average Bonchev–Trinajstić information content (AvgIpc) is 2.99. The minimum absolute atomic E-state index is 0.0349. The fraction of sp³-hybridized carbons (Fsp3) is 0.417. The van der Waals surface area contributed by atoms with Crippen LogP contribution in [0.2, 0.25) is 10.0 Å². The van der Waals surface area contributed by atoms with Crippen molar-refractivity contribution in [2.45, 2.75) is 31.4 Å². The third-order valence-electron chi connectivity index (χ3n) is 2.59. The van der Waals surface area contributed by atoms with Crippen molar-refractivity contribution in [1.29, 1.82) is 0 Å². The van der Waals surface area contributed by atoms with Crippen LogP contribution in [0.1, 0.15) is 30.9 Å². The van der Waals surface area contributed by atoms with E-state index in [1.54, 1.807) is 18.2 Å². The van der Waals surface area contributed by atoms with Crippen molar-refractivity contribution in [1.82, 2.24) is 5.32 Å². The summed E-state index contributed by atoms with van der Waals surface area (Å²) in [6.07, 6.45) is 1.23. The second-order valence-corrected chi connectivity index (χ2v) is 5.14. The molecule has 1 fully saturated rings. The third-order valence-corrected chi connectivity index (χ3v) is 3.03. The van der Waals surface area contributed by atoms with Gasteiger partial charge in [0.1, 0.15) is 0 Å². The van der Waals surface area contributed by atoms with E-state index in [2.05, 4.69) is 5.32 Å². The topological polar surface area (TPSA) is 49.3 Å². The van der Waals surface area contributed by atoms with Gasteiger partial charge in [0.25, 0.3) is 0 Å². The van der Waals surface area contributed by atoms with E-state index >= 15 is 0 Å². The summed E-state index contributed by atoms with van der Waals surface area (Å²) < 4.78 is 0. The molecule has 1 saturated carbocycles. The second kappa shape index (κ2) is 5.25. The molecule has 2 N–H and O–H groups in total. The number of aliphatic hydroxyl groups is 1. The maximum Gasteiger partial charge on any atom is 0.223 e. The normalized spacial score (nSPS) is 16.6. The van der Waals surface area contributed by atoms with Crippen molar-refractivity contribution in [2.24, 2.45) is 0 Å². The van der Waals surface area contributed by atoms with Crippen molar-refractivity contribution < 1.29 is 9.90 Å². The van der Waals surface area contributed by atoms with Crippen LogP contribution in [0.15, 0.2) is 18.2 Å². The maximum atomic E-state index is 11.5. The molecule has 0 radical (unpaired) electrons. The van der Waals surface area contributed by atoms with E-state index in [-0.39, 0.29) is 12.3 Å². The Bertz CT molecular complexity index is 412. The monoisotopic (exact) mass is 273 g/mol. The number of carbonyl (C=O) groups is 1. The molecule has 1 aliphatic rings. The first-order chi connectivity index (χ1) is 8.04. The van der Waals surface area contributed by atoms with Crippen LogP contribution >= 0.6 is 23.2 Å². The summed E-state index contributed by atoms with van der Waals surface area (Å²) in [5.41, 5.74) is 0.563. The Morgan fingerprint density at radius 1 is 1.35 bits per heavy atom. The lowest BCUT2D eigenvalue weighted by molar-refractivity contribution is -0.123. The van der Waals surface area contributed by atoms with E-state index < -0.39 is 6.10 Å². The Labute approximate surface area is 110 Å². The standard InChI is InChI=1S/C12H13Cl2NO2/c13-8-3-7(4-9(14)5-8)11(16)6-12(17)15-10-1-2-10/h3-5,10-11,16H,1-2,6H2,(H,15,17). The lowest BCUT2D eigenvalue weighted by Gasteiger charge is -2.11. The molecule has 0 aliphatic heterocycles. The molecule has 0 heterocycles. The van der Waals surface area contributed by atoms with Crippen LogP contribution in [-0.4, -0.2) is 17.1 Å². The number of hydrogen-bond acceptors (Lipinski definition) is 2. The summed E-state index contributed by atoms with van der Waals surface area (Å²) in [5.74, 6) is -0.143. The second-order valence-electron chi connectivity index (χ2n) is 4.26. The zero-order valence-electron chi connectivity index (χ0n) is 9.12. The maximum absolute atomic E-state index is 11.5. The summed E-state index contributed by atoms with van der Waals surface area (Å²) in [6, 6.07) is 5.12. The van der Waals surface area contributed by atoms with Gasteiger partial charge < -0.3 is 10.4 Å². The first kappa shape index (κ1) is 12.7. The smallest absolute Gasteiger partial charge is 0.223 e. The lowest BCUT2D eigenvalue weighted by Crippen LogP contribution is -2.26. The Hall–Kier alpha value is -0.770. The highest BCUT2D eigenvalue weighted by Gasteiger charge is 2.24. The van der Waals surface area contributed by atoms with Crippen LogP contribution in [-0.2, 0) is 4.79 Å². The molecular formula is C12H13Cl2NO2. The molecule has 0 spiro atoms. The quantitative estimate of drug-likeness (QED) is 0.886. The van der Waals surface area contributed by atoms with Crippen LogP contribution < -0.4 is 5.32 Å². The molecule has 1 aromatic rings. The van der Waals surface area contributed by atoms with Crippen LogP contribution in [0, 0.1) is 0 Å². The molecule has 0 bridgehead atoms. The molecule has 0 aromatic heterocycles. The molecule has 5 heteroatoms. The van der Waals surface area contributed by atoms with Gasteiger partial charge in [0.2, 0.25) is 5.91 Å². The number of benzene rings is 1. The van der Waals surface area contributed by atoms with Gasteiger partial charge >= 0.3 is 0 Å².